The molecule has 2 aliphatic rings. The third-order valence-corrected chi connectivity index (χ3v) is 3.56. The van der Waals surface area contributed by atoms with Crippen LogP contribution in [0.1, 0.15) is 19.3 Å². The van der Waals surface area contributed by atoms with E-state index in [2.05, 4.69) is 0 Å². The number of rotatable bonds is 2. The van der Waals surface area contributed by atoms with Crippen molar-refractivity contribution in [3.8, 4) is 11.5 Å². The first kappa shape index (κ1) is 12.8. The molecule has 0 aromatic heterocycles. The van der Waals surface area contributed by atoms with E-state index in [-0.39, 0.29) is 12.7 Å². The molecule has 0 aliphatic carbocycles. The number of piperidine rings is 1. The van der Waals surface area contributed by atoms with E-state index in [0.717, 1.165) is 0 Å². The molecule has 1 saturated heterocycles. The summed E-state index contributed by atoms with van der Waals surface area (Å²) >= 11 is 0. The molecule has 0 spiro atoms. The number of methoxy groups -OCH3 is 1. The van der Waals surface area contributed by atoms with Gasteiger partial charge in [0.1, 0.15) is 6.04 Å². The van der Waals surface area contributed by atoms with E-state index >= 15 is 0 Å². The lowest BCUT2D eigenvalue weighted by Gasteiger charge is -2.33. The number of carbonyl (C=O) groups is 2. The van der Waals surface area contributed by atoms with E-state index < -0.39 is 12.0 Å². The summed E-state index contributed by atoms with van der Waals surface area (Å²) in [6.07, 6.45) is 1.73. The normalized spacial score (nSPS) is 20.9. The molecule has 1 amide bonds. The summed E-state index contributed by atoms with van der Waals surface area (Å²) < 4.78 is 15.4. The lowest BCUT2D eigenvalue weighted by atomic mass is 10.0. The Hall–Kier alpha value is -2.24. The van der Waals surface area contributed by atoms with Crippen LogP contribution in [0, 0.1) is 0 Å². The fourth-order valence-electron chi connectivity index (χ4n) is 2.59. The van der Waals surface area contributed by atoms with Crippen molar-refractivity contribution >= 4 is 17.6 Å². The zero-order chi connectivity index (χ0) is 14.1. The van der Waals surface area contributed by atoms with Gasteiger partial charge in [0.25, 0.3) is 0 Å². The summed E-state index contributed by atoms with van der Waals surface area (Å²) in [5, 5.41) is 0. The zero-order valence-corrected chi connectivity index (χ0v) is 11.1. The van der Waals surface area contributed by atoms with Crippen molar-refractivity contribution in [2.45, 2.75) is 25.3 Å². The molecular weight excluding hydrogens is 262 g/mol. The summed E-state index contributed by atoms with van der Waals surface area (Å²) in [4.78, 5) is 25.5. The quantitative estimate of drug-likeness (QED) is 0.766. The number of hydrogen-bond donors (Lipinski definition) is 0. The van der Waals surface area contributed by atoms with Crippen LogP contribution in [0.5, 0.6) is 11.5 Å². The Morgan fingerprint density at radius 1 is 1.35 bits per heavy atom. The van der Waals surface area contributed by atoms with E-state index in [0.29, 0.717) is 36.4 Å². The second-order valence-corrected chi connectivity index (χ2v) is 4.73. The third-order valence-electron chi connectivity index (χ3n) is 3.56. The minimum Gasteiger partial charge on any atom is -0.467 e. The number of hydrogen-bond acceptors (Lipinski definition) is 5. The van der Waals surface area contributed by atoms with Crippen molar-refractivity contribution in [1.82, 2.24) is 0 Å². The van der Waals surface area contributed by atoms with Crippen LogP contribution in [0.15, 0.2) is 18.2 Å². The highest BCUT2D eigenvalue weighted by Gasteiger charge is 2.35. The Bertz CT molecular complexity index is 556. The number of carbonyl (C=O) groups excluding carboxylic acids is 2. The van der Waals surface area contributed by atoms with Crippen molar-refractivity contribution in [2.24, 2.45) is 0 Å². The van der Waals surface area contributed by atoms with Gasteiger partial charge in [-0.1, -0.05) is 0 Å². The SMILES string of the molecule is COC(=O)C1CCCC(=O)N1c1ccc2c(c1)OCO2. The Kier molecular flexibility index (Phi) is 3.22. The number of benzene rings is 1. The minimum atomic E-state index is -0.568. The van der Waals surface area contributed by atoms with Gasteiger partial charge in [-0.15, -0.1) is 0 Å². The molecule has 2 aliphatic heterocycles. The van der Waals surface area contributed by atoms with Gasteiger partial charge in [-0.3, -0.25) is 9.69 Å². The van der Waals surface area contributed by atoms with E-state index in [4.69, 9.17) is 14.2 Å². The molecule has 3 rings (SSSR count). The van der Waals surface area contributed by atoms with Crippen molar-refractivity contribution in [3.63, 3.8) is 0 Å². The summed E-state index contributed by atoms with van der Waals surface area (Å²) in [7, 11) is 1.33. The Balaban J connectivity index is 1.95. The topological polar surface area (TPSA) is 65.1 Å². The number of amides is 1. The summed E-state index contributed by atoms with van der Waals surface area (Å²) in [6.45, 7) is 0.174. The van der Waals surface area contributed by atoms with Crippen molar-refractivity contribution in [3.05, 3.63) is 18.2 Å². The minimum absolute atomic E-state index is 0.0782. The fraction of sp³-hybridized carbons (Fsp3) is 0.429. The lowest BCUT2D eigenvalue weighted by molar-refractivity contribution is -0.144. The highest BCUT2D eigenvalue weighted by molar-refractivity contribution is 6.00. The van der Waals surface area contributed by atoms with E-state index in [9.17, 15) is 9.59 Å². The maximum atomic E-state index is 12.2. The van der Waals surface area contributed by atoms with Crippen LogP contribution < -0.4 is 14.4 Å². The predicted octanol–water partition coefficient (Wildman–Crippen LogP) is 1.47. The third kappa shape index (κ3) is 2.07. The number of nitrogens with zero attached hydrogens (tertiary/aromatic N) is 1. The van der Waals surface area contributed by atoms with Gasteiger partial charge in [-0.2, -0.15) is 0 Å². The first-order valence-corrected chi connectivity index (χ1v) is 6.50. The smallest absolute Gasteiger partial charge is 0.328 e. The Labute approximate surface area is 116 Å². The van der Waals surface area contributed by atoms with Crippen molar-refractivity contribution < 1.29 is 23.8 Å². The standard InChI is InChI=1S/C14H15NO5/c1-18-14(17)10-3-2-4-13(16)15(10)9-5-6-11-12(7-9)20-8-19-11/h5-7,10H,2-4,8H2,1H3. The summed E-state index contributed by atoms with van der Waals surface area (Å²) in [6, 6.07) is 4.66. The second kappa shape index (κ2) is 5.03. The zero-order valence-electron chi connectivity index (χ0n) is 11.1. The maximum Gasteiger partial charge on any atom is 0.328 e. The maximum absolute atomic E-state index is 12.2. The van der Waals surface area contributed by atoms with Crippen LogP contribution in [0.2, 0.25) is 0 Å². The molecular formula is C14H15NO5. The number of anilines is 1. The largest absolute Gasteiger partial charge is 0.467 e. The van der Waals surface area contributed by atoms with Crippen LogP contribution in [-0.2, 0) is 14.3 Å². The van der Waals surface area contributed by atoms with Gasteiger partial charge in [-0.05, 0) is 25.0 Å². The predicted molar refractivity (Wildman–Crippen MR) is 69.7 cm³/mol. The lowest BCUT2D eigenvalue weighted by Crippen LogP contribution is -2.48. The van der Waals surface area contributed by atoms with E-state index in [1.54, 1.807) is 18.2 Å². The van der Waals surface area contributed by atoms with E-state index in [1.165, 1.54) is 12.0 Å². The molecule has 1 fully saturated rings. The van der Waals surface area contributed by atoms with Gasteiger partial charge in [-0.25, -0.2) is 4.79 Å². The molecule has 6 nitrogen and oxygen atoms in total. The number of fused-ring (bicyclic) bond motifs is 1. The van der Waals surface area contributed by atoms with Crippen molar-refractivity contribution in [1.29, 1.82) is 0 Å². The highest BCUT2D eigenvalue weighted by Crippen LogP contribution is 2.37. The fourth-order valence-corrected chi connectivity index (χ4v) is 2.59. The van der Waals surface area contributed by atoms with Gasteiger partial charge in [0.2, 0.25) is 12.7 Å². The van der Waals surface area contributed by atoms with Gasteiger partial charge < -0.3 is 14.2 Å². The molecule has 6 heteroatoms. The average Bonchev–Trinajstić information content (AvgIpc) is 2.93. The van der Waals surface area contributed by atoms with E-state index in [1.807, 2.05) is 0 Å². The molecule has 106 valence electrons. The number of ether oxygens (including phenoxy) is 3. The van der Waals surface area contributed by atoms with Crippen LogP contribution in [0.25, 0.3) is 0 Å². The first-order chi connectivity index (χ1) is 9.70. The average molecular weight is 277 g/mol. The molecule has 0 bridgehead atoms. The van der Waals surface area contributed by atoms with Gasteiger partial charge >= 0.3 is 5.97 Å². The van der Waals surface area contributed by atoms with Crippen LogP contribution in [0.4, 0.5) is 5.69 Å². The molecule has 2 heterocycles. The number of esters is 1. The molecule has 0 radical (unpaired) electrons. The molecule has 20 heavy (non-hydrogen) atoms. The highest BCUT2D eigenvalue weighted by atomic mass is 16.7. The van der Waals surface area contributed by atoms with Crippen LogP contribution in [0.3, 0.4) is 0 Å². The molecule has 1 atom stereocenters. The van der Waals surface area contributed by atoms with Crippen LogP contribution >= 0.6 is 0 Å². The summed E-state index contributed by atoms with van der Waals surface area (Å²) in [5.74, 6) is 0.763. The summed E-state index contributed by atoms with van der Waals surface area (Å²) in [5.41, 5.74) is 0.634. The van der Waals surface area contributed by atoms with Crippen LogP contribution in [-0.4, -0.2) is 31.8 Å². The van der Waals surface area contributed by atoms with Gasteiger partial charge in [0.05, 0.1) is 7.11 Å². The molecule has 1 unspecified atom stereocenters. The van der Waals surface area contributed by atoms with Crippen molar-refractivity contribution in [2.75, 3.05) is 18.8 Å². The molecule has 1 aromatic carbocycles. The molecule has 1 aromatic rings. The van der Waals surface area contributed by atoms with Gasteiger partial charge in [0.15, 0.2) is 11.5 Å². The Morgan fingerprint density at radius 2 is 2.15 bits per heavy atom. The van der Waals surface area contributed by atoms with Gasteiger partial charge in [0, 0.05) is 18.2 Å². The Morgan fingerprint density at radius 3 is 2.95 bits per heavy atom. The molecule has 0 saturated carbocycles. The molecule has 0 N–H and O–H groups in total. The monoisotopic (exact) mass is 277 g/mol. The first-order valence-electron chi connectivity index (χ1n) is 6.50. The second-order valence-electron chi connectivity index (χ2n) is 4.73.